The van der Waals surface area contributed by atoms with E-state index >= 15 is 0 Å². The quantitative estimate of drug-likeness (QED) is 0.391. The van der Waals surface area contributed by atoms with Crippen LogP contribution in [0.4, 0.5) is 23.1 Å². The lowest BCUT2D eigenvalue weighted by Gasteiger charge is -2.13. The predicted octanol–water partition coefficient (Wildman–Crippen LogP) is 4.02. The largest absolute Gasteiger partial charge is 0.478 e. The van der Waals surface area contributed by atoms with Crippen LogP contribution >= 0.6 is 0 Å². The van der Waals surface area contributed by atoms with Gasteiger partial charge in [-0.25, -0.2) is 14.6 Å². The summed E-state index contributed by atoms with van der Waals surface area (Å²) in [6.45, 7) is 5.49. The van der Waals surface area contributed by atoms with Gasteiger partial charge in [-0.1, -0.05) is 0 Å². The molecule has 0 fully saturated rings. The summed E-state index contributed by atoms with van der Waals surface area (Å²) in [6.07, 6.45) is 1.66. The lowest BCUT2D eigenvalue weighted by molar-refractivity contribution is 0.0696. The second-order valence-corrected chi connectivity index (χ2v) is 6.97. The van der Waals surface area contributed by atoms with Crippen molar-refractivity contribution in [2.45, 2.75) is 20.8 Å². The Morgan fingerprint density at radius 2 is 1.87 bits per heavy atom. The van der Waals surface area contributed by atoms with Gasteiger partial charge in [0.25, 0.3) is 0 Å². The highest BCUT2D eigenvalue weighted by Crippen LogP contribution is 2.25. The van der Waals surface area contributed by atoms with Crippen molar-refractivity contribution in [3.05, 3.63) is 69.3 Å². The normalized spacial score (nSPS) is 10.9. The number of aromatic amines is 1. The molecule has 0 atom stereocenters. The van der Waals surface area contributed by atoms with Crippen LogP contribution in [0.1, 0.15) is 27.0 Å². The van der Waals surface area contributed by atoms with Crippen LogP contribution < -0.4 is 16.4 Å². The number of oxazole rings is 1. The summed E-state index contributed by atoms with van der Waals surface area (Å²) in [5.41, 5.74) is 4.95. The molecule has 2 aromatic carbocycles. The number of aryl methyl sites for hydroxylation is 2. The third-order valence-corrected chi connectivity index (χ3v) is 4.81. The van der Waals surface area contributed by atoms with Crippen LogP contribution in [0, 0.1) is 20.8 Å². The number of anilines is 4. The average Bonchev–Trinajstić information content (AvgIpc) is 3.06. The van der Waals surface area contributed by atoms with Crippen LogP contribution in [0.3, 0.4) is 0 Å². The van der Waals surface area contributed by atoms with E-state index in [0.717, 1.165) is 11.1 Å². The van der Waals surface area contributed by atoms with E-state index in [2.05, 4.69) is 25.6 Å². The molecule has 30 heavy (non-hydrogen) atoms. The molecule has 2 aromatic heterocycles. The molecule has 0 aliphatic rings. The van der Waals surface area contributed by atoms with E-state index < -0.39 is 11.7 Å². The fraction of sp³-hybridized carbons (Fsp3) is 0.143. The van der Waals surface area contributed by atoms with Crippen molar-refractivity contribution < 1.29 is 14.3 Å². The molecule has 2 heterocycles. The van der Waals surface area contributed by atoms with Gasteiger partial charge in [0.05, 0.1) is 11.1 Å². The summed E-state index contributed by atoms with van der Waals surface area (Å²) < 4.78 is 5.01. The van der Waals surface area contributed by atoms with Crippen LogP contribution in [0.2, 0.25) is 0 Å². The van der Waals surface area contributed by atoms with Gasteiger partial charge in [0.15, 0.2) is 5.58 Å². The zero-order valence-electron chi connectivity index (χ0n) is 16.5. The summed E-state index contributed by atoms with van der Waals surface area (Å²) in [7, 11) is 0. The third-order valence-electron chi connectivity index (χ3n) is 4.81. The van der Waals surface area contributed by atoms with E-state index in [1.807, 2.05) is 19.9 Å². The first-order chi connectivity index (χ1) is 14.3. The van der Waals surface area contributed by atoms with Crippen LogP contribution in [0.5, 0.6) is 0 Å². The number of aromatic nitrogens is 3. The fourth-order valence-corrected chi connectivity index (χ4v) is 3.08. The van der Waals surface area contributed by atoms with E-state index in [4.69, 9.17) is 4.42 Å². The molecular weight excluding hydrogens is 386 g/mol. The average molecular weight is 405 g/mol. The van der Waals surface area contributed by atoms with E-state index in [-0.39, 0.29) is 5.56 Å². The first-order valence-electron chi connectivity index (χ1n) is 9.15. The maximum atomic E-state index is 11.5. The van der Waals surface area contributed by atoms with Crippen LogP contribution in [0.25, 0.3) is 11.1 Å². The minimum Gasteiger partial charge on any atom is -0.478 e. The van der Waals surface area contributed by atoms with Crippen molar-refractivity contribution in [3.63, 3.8) is 0 Å². The highest BCUT2D eigenvalue weighted by Gasteiger charge is 2.12. The van der Waals surface area contributed by atoms with E-state index in [1.165, 1.54) is 0 Å². The number of carbonyl (C=O) groups is 1. The molecule has 4 aromatic rings. The van der Waals surface area contributed by atoms with Crippen LogP contribution in [-0.4, -0.2) is 26.0 Å². The van der Waals surface area contributed by atoms with Gasteiger partial charge in [0, 0.05) is 23.1 Å². The Morgan fingerprint density at radius 1 is 1.07 bits per heavy atom. The highest BCUT2D eigenvalue weighted by atomic mass is 16.4. The fourth-order valence-electron chi connectivity index (χ4n) is 3.08. The number of H-pyrrole nitrogens is 1. The molecule has 0 bridgehead atoms. The number of nitrogens with one attached hydrogen (secondary N) is 3. The van der Waals surface area contributed by atoms with Gasteiger partial charge >= 0.3 is 11.7 Å². The standard InChI is InChI=1S/C21H19N5O4/c1-10-6-14(7-15(12(10)3)19(27)28)24-20-22-9-11(2)18(26-20)23-13-4-5-17-16(8-13)25-21(29)30-17/h4-9H,1-3H3,(H,25,29)(H,27,28)(H2,22,23,24,26). The summed E-state index contributed by atoms with van der Waals surface area (Å²) in [5, 5.41) is 15.7. The summed E-state index contributed by atoms with van der Waals surface area (Å²) in [4.78, 5) is 34.2. The molecule has 0 radical (unpaired) electrons. The molecule has 9 heteroatoms. The van der Waals surface area contributed by atoms with Crippen LogP contribution in [0.15, 0.2) is 45.7 Å². The molecule has 0 aliphatic heterocycles. The molecular formula is C21H19N5O4. The highest BCUT2D eigenvalue weighted by molar-refractivity contribution is 5.91. The minimum absolute atomic E-state index is 0.227. The zero-order chi connectivity index (χ0) is 21.4. The molecule has 0 saturated carbocycles. The Kier molecular flexibility index (Phi) is 4.71. The van der Waals surface area contributed by atoms with Crippen molar-refractivity contribution in [2.24, 2.45) is 0 Å². The van der Waals surface area contributed by atoms with E-state index in [9.17, 15) is 14.7 Å². The SMILES string of the molecule is Cc1cnc(Nc2cc(C)c(C)c(C(=O)O)c2)nc1Nc1ccc2oc(=O)[nH]c2c1. The Bertz CT molecular complexity index is 1340. The number of carboxylic acid groups (broad SMARTS) is 1. The molecule has 0 aliphatic carbocycles. The summed E-state index contributed by atoms with van der Waals surface area (Å²) in [6, 6.07) is 8.62. The first-order valence-corrected chi connectivity index (χ1v) is 9.15. The number of carboxylic acids is 1. The number of fused-ring (bicyclic) bond motifs is 1. The number of hydrogen-bond donors (Lipinski definition) is 4. The van der Waals surface area contributed by atoms with Crippen molar-refractivity contribution >= 4 is 40.2 Å². The number of aromatic carboxylic acids is 1. The van der Waals surface area contributed by atoms with E-state index in [0.29, 0.717) is 39.8 Å². The summed E-state index contributed by atoms with van der Waals surface area (Å²) >= 11 is 0. The molecule has 9 nitrogen and oxygen atoms in total. The van der Waals surface area contributed by atoms with Gasteiger partial charge in [0.1, 0.15) is 5.82 Å². The molecule has 0 spiro atoms. The molecule has 0 amide bonds. The Labute approximate surface area is 170 Å². The molecule has 152 valence electrons. The second kappa shape index (κ2) is 7.36. The Balaban J connectivity index is 1.63. The van der Waals surface area contributed by atoms with Crippen molar-refractivity contribution in [2.75, 3.05) is 10.6 Å². The van der Waals surface area contributed by atoms with Gasteiger partial charge < -0.3 is 20.2 Å². The van der Waals surface area contributed by atoms with Crippen LogP contribution in [-0.2, 0) is 0 Å². The maximum Gasteiger partial charge on any atom is 0.417 e. The Hall–Kier alpha value is -4.14. The molecule has 4 N–H and O–H groups in total. The topological polar surface area (TPSA) is 133 Å². The second-order valence-electron chi connectivity index (χ2n) is 6.97. The maximum absolute atomic E-state index is 11.5. The molecule has 4 rings (SSSR count). The van der Waals surface area contributed by atoms with Crippen molar-refractivity contribution in [1.29, 1.82) is 0 Å². The lowest BCUT2D eigenvalue weighted by Crippen LogP contribution is -2.06. The lowest BCUT2D eigenvalue weighted by atomic mass is 10.0. The predicted molar refractivity (Wildman–Crippen MR) is 113 cm³/mol. The van der Waals surface area contributed by atoms with Crippen molar-refractivity contribution in [1.82, 2.24) is 15.0 Å². The van der Waals surface area contributed by atoms with E-state index in [1.54, 1.807) is 37.4 Å². The summed E-state index contributed by atoms with van der Waals surface area (Å²) in [5.74, 6) is -0.611. The Morgan fingerprint density at radius 3 is 2.63 bits per heavy atom. The number of benzene rings is 2. The number of nitrogens with zero attached hydrogens (tertiary/aromatic N) is 2. The smallest absolute Gasteiger partial charge is 0.417 e. The number of hydrogen-bond acceptors (Lipinski definition) is 7. The van der Waals surface area contributed by atoms with Gasteiger partial charge in [0.2, 0.25) is 5.95 Å². The first kappa shape index (κ1) is 19.2. The minimum atomic E-state index is -0.987. The molecule has 0 saturated heterocycles. The molecule has 0 unspecified atom stereocenters. The van der Waals surface area contributed by atoms with Gasteiger partial charge in [-0.2, -0.15) is 4.98 Å². The monoisotopic (exact) mass is 405 g/mol. The third kappa shape index (κ3) is 3.72. The zero-order valence-corrected chi connectivity index (χ0v) is 16.5. The van der Waals surface area contributed by atoms with Crippen molar-refractivity contribution in [3.8, 4) is 0 Å². The van der Waals surface area contributed by atoms with Gasteiger partial charge in [-0.05, 0) is 62.2 Å². The van der Waals surface area contributed by atoms with Gasteiger partial charge in [-0.15, -0.1) is 0 Å². The van der Waals surface area contributed by atoms with Gasteiger partial charge in [-0.3, -0.25) is 4.98 Å². The number of rotatable bonds is 5.